The molecule has 0 spiro atoms. The third-order valence-corrected chi connectivity index (χ3v) is 6.04. The van der Waals surface area contributed by atoms with Crippen LogP contribution in [0.1, 0.15) is 23.7 Å². The van der Waals surface area contributed by atoms with Crippen molar-refractivity contribution in [1.82, 2.24) is 0 Å². The van der Waals surface area contributed by atoms with Gasteiger partial charge in [0.05, 0.1) is 5.69 Å². The molecule has 3 aromatic rings. The summed E-state index contributed by atoms with van der Waals surface area (Å²) in [6.07, 6.45) is 0.327. The van der Waals surface area contributed by atoms with Gasteiger partial charge in [-0.3, -0.25) is 9.69 Å². The van der Waals surface area contributed by atoms with E-state index in [1.807, 2.05) is 0 Å². The summed E-state index contributed by atoms with van der Waals surface area (Å²) in [6.45, 7) is 1.77. The van der Waals surface area contributed by atoms with E-state index in [0.29, 0.717) is 17.8 Å². The molecule has 0 unspecified atom stereocenters. The zero-order valence-corrected chi connectivity index (χ0v) is 17.2. The van der Waals surface area contributed by atoms with Gasteiger partial charge in [-0.1, -0.05) is 13.0 Å². The summed E-state index contributed by atoms with van der Waals surface area (Å²) in [5.41, 5.74) is 1.20. The second-order valence-electron chi connectivity index (χ2n) is 6.79. The molecule has 9 heteroatoms. The Morgan fingerprint density at radius 2 is 1.74 bits per heavy atom. The molecule has 0 aliphatic carbocycles. The van der Waals surface area contributed by atoms with Crippen molar-refractivity contribution in [3.8, 4) is 0 Å². The molecule has 158 valence electrons. The maximum absolute atomic E-state index is 13.4. The molecule has 1 aliphatic heterocycles. The van der Waals surface area contributed by atoms with Crippen LogP contribution in [0, 0.1) is 11.6 Å². The number of hydrogen-bond donors (Lipinski definition) is 1. The predicted molar refractivity (Wildman–Crippen MR) is 114 cm³/mol. The Labute approximate surface area is 177 Å². The van der Waals surface area contributed by atoms with E-state index in [9.17, 15) is 22.0 Å². The van der Waals surface area contributed by atoms with Gasteiger partial charge in [0, 0.05) is 23.4 Å². The van der Waals surface area contributed by atoms with Gasteiger partial charge in [0.15, 0.2) is 0 Å². The lowest BCUT2D eigenvalue weighted by molar-refractivity contribution is 0.102. The monoisotopic (exact) mass is 441 g/mol. The molecular formula is C22H17F2N3O3S. The first-order chi connectivity index (χ1) is 14.8. The van der Waals surface area contributed by atoms with Gasteiger partial charge in [-0.2, -0.15) is 8.42 Å². The molecule has 4 rings (SSSR count). The molecule has 0 radical (unpaired) electrons. The Morgan fingerprint density at radius 3 is 2.42 bits per heavy atom. The van der Waals surface area contributed by atoms with Crippen molar-refractivity contribution in [3.05, 3.63) is 83.9 Å². The van der Waals surface area contributed by atoms with Crippen molar-refractivity contribution in [2.45, 2.75) is 18.2 Å². The molecule has 0 bridgehead atoms. The highest BCUT2D eigenvalue weighted by Crippen LogP contribution is 2.39. The average Bonchev–Trinajstić information content (AvgIpc) is 2.74. The van der Waals surface area contributed by atoms with Gasteiger partial charge >= 0.3 is 0 Å². The number of halogens is 2. The normalized spacial score (nSPS) is 14.5. The summed E-state index contributed by atoms with van der Waals surface area (Å²) in [4.78, 5) is 13.9. The van der Waals surface area contributed by atoms with Crippen LogP contribution in [0.15, 0.2) is 76.0 Å². The van der Waals surface area contributed by atoms with Gasteiger partial charge in [0.25, 0.3) is 15.9 Å². The minimum Gasteiger partial charge on any atom is -0.322 e. The standard InChI is InChI=1S/C22H17F2N3O3S/c1-2-21-26-31(29,30)20-13-17(25-22(28)14-4-3-5-16(24)12-14)8-11-19(20)27(21)18-9-6-15(23)7-10-18/h3-13H,2H2,1H3,(H,25,28). The number of anilines is 3. The lowest BCUT2D eigenvalue weighted by Gasteiger charge is -2.31. The Hall–Kier alpha value is -3.59. The van der Waals surface area contributed by atoms with E-state index in [1.165, 1.54) is 48.5 Å². The topological polar surface area (TPSA) is 78.8 Å². The van der Waals surface area contributed by atoms with Crippen molar-refractivity contribution in [3.63, 3.8) is 0 Å². The molecule has 0 aromatic heterocycles. The maximum atomic E-state index is 13.4. The summed E-state index contributed by atoms with van der Waals surface area (Å²) < 4.78 is 56.3. The van der Waals surface area contributed by atoms with Gasteiger partial charge in [-0.15, -0.1) is 4.40 Å². The summed E-state index contributed by atoms with van der Waals surface area (Å²) >= 11 is 0. The molecule has 1 N–H and O–H groups in total. The van der Waals surface area contributed by atoms with Gasteiger partial charge in [-0.05, 0) is 60.7 Å². The molecule has 6 nitrogen and oxygen atoms in total. The maximum Gasteiger partial charge on any atom is 0.286 e. The van der Waals surface area contributed by atoms with Crippen LogP contribution in [0.25, 0.3) is 0 Å². The Balaban J connectivity index is 1.75. The first-order valence-electron chi connectivity index (χ1n) is 9.39. The number of carbonyl (C=O) groups excluding carboxylic acids is 1. The van der Waals surface area contributed by atoms with Gasteiger partial charge in [0.1, 0.15) is 22.4 Å². The smallest absolute Gasteiger partial charge is 0.286 e. The van der Waals surface area contributed by atoms with E-state index in [0.717, 1.165) is 6.07 Å². The number of amidine groups is 1. The highest BCUT2D eigenvalue weighted by atomic mass is 32.2. The molecule has 1 heterocycles. The van der Waals surface area contributed by atoms with Crippen molar-refractivity contribution in [2.24, 2.45) is 4.40 Å². The average molecular weight is 441 g/mol. The van der Waals surface area contributed by atoms with Crippen LogP contribution in [-0.4, -0.2) is 20.2 Å². The Morgan fingerprint density at radius 1 is 1.00 bits per heavy atom. The van der Waals surface area contributed by atoms with Crippen molar-refractivity contribution < 1.29 is 22.0 Å². The summed E-state index contributed by atoms with van der Waals surface area (Å²) in [6, 6.07) is 15.2. The summed E-state index contributed by atoms with van der Waals surface area (Å²) in [7, 11) is -4.02. The fraction of sp³-hybridized carbons (Fsp3) is 0.0909. The first-order valence-corrected chi connectivity index (χ1v) is 10.8. The zero-order valence-electron chi connectivity index (χ0n) is 16.3. The van der Waals surface area contributed by atoms with Crippen LogP contribution in [0.2, 0.25) is 0 Å². The second-order valence-corrected chi connectivity index (χ2v) is 8.37. The largest absolute Gasteiger partial charge is 0.322 e. The molecule has 1 aliphatic rings. The van der Waals surface area contributed by atoms with Crippen LogP contribution in [0.3, 0.4) is 0 Å². The van der Waals surface area contributed by atoms with Gasteiger partial charge in [-0.25, -0.2) is 8.78 Å². The van der Waals surface area contributed by atoms with E-state index in [-0.39, 0.29) is 22.0 Å². The second kappa shape index (κ2) is 7.92. The minimum atomic E-state index is -4.02. The third-order valence-electron chi connectivity index (χ3n) is 4.71. The first kappa shape index (κ1) is 20.7. The summed E-state index contributed by atoms with van der Waals surface area (Å²) in [5, 5.41) is 2.57. The van der Waals surface area contributed by atoms with Crippen LogP contribution in [-0.2, 0) is 10.0 Å². The van der Waals surface area contributed by atoms with Crippen LogP contribution < -0.4 is 10.2 Å². The summed E-state index contributed by atoms with van der Waals surface area (Å²) in [5.74, 6) is -1.27. The SMILES string of the molecule is CCC1=NS(=O)(=O)c2cc(NC(=O)c3cccc(F)c3)ccc2N1c1ccc(F)cc1. The fourth-order valence-electron chi connectivity index (χ4n) is 3.28. The predicted octanol–water partition coefficient (Wildman–Crippen LogP) is 4.87. The van der Waals surface area contributed by atoms with Crippen LogP contribution in [0.5, 0.6) is 0 Å². The molecule has 0 atom stereocenters. The van der Waals surface area contributed by atoms with Crippen molar-refractivity contribution >= 4 is 38.8 Å². The number of benzene rings is 3. The van der Waals surface area contributed by atoms with E-state index in [4.69, 9.17) is 0 Å². The number of carbonyl (C=O) groups is 1. The van der Waals surface area contributed by atoms with Gasteiger partial charge in [0.2, 0.25) is 0 Å². The molecule has 3 aromatic carbocycles. The number of sulfonamides is 1. The molecule has 31 heavy (non-hydrogen) atoms. The highest BCUT2D eigenvalue weighted by Gasteiger charge is 2.31. The number of fused-ring (bicyclic) bond motifs is 1. The van der Waals surface area contributed by atoms with Gasteiger partial charge < -0.3 is 5.32 Å². The van der Waals surface area contributed by atoms with Crippen LogP contribution >= 0.6 is 0 Å². The fourth-order valence-corrected chi connectivity index (χ4v) is 4.57. The van der Waals surface area contributed by atoms with Crippen molar-refractivity contribution in [2.75, 3.05) is 10.2 Å². The van der Waals surface area contributed by atoms with E-state index in [2.05, 4.69) is 9.71 Å². The molecule has 0 saturated heterocycles. The molecule has 0 saturated carbocycles. The molecule has 0 fully saturated rings. The Bertz CT molecular complexity index is 1310. The number of rotatable bonds is 4. The zero-order chi connectivity index (χ0) is 22.2. The van der Waals surface area contributed by atoms with E-state index < -0.39 is 27.6 Å². The van der Waals surface area contributed by atoms with Crippen LogP contribution in [0.4, 0.5) is 25.8 Å². The molecular weight excluding hydrogens is 424 g/mol. The lowest BCUT2D eigenvalue weighted by atomic mass is 10.1. The number of nitrogens with one attached hydrogen (secondary N) is 1. The number of nitrogens with zero attached hydrogens (tertiary/aromatic N) is 2. The quantitative estimate of drug-likeness (QED) is 0.627. The lowest BCUT2D eigenvalue weighted by Crippen LogP contribution is -2.31. The third kappa shape index (κ3) is 4.04. The number of hydrogen-bond acceptors (Lipinski definition) is 4. The van der Waals surface area contributed by atoms with E-state index in [1.54, 1.807) is 24.0 Å². The number of amides is 1. The molecule has 1 amide bonds. The van der Waals surface area contributed by atoms with Crippen molar-refractivity contribution in [1.29, 1.82) is 0 Å². The minimum absolute atomic E-state index is 0.0970. The highest BCUT2D eigenvalue weighted by molar-refractivity contribution is 7.90. The van der Waals surface area contributed by atoms with E-state index >= 15 is 0 Å². The Kier molecular flexibility index (Phi) is 5.28.